The molecular formula is C13H15F2NO4. The first kappa shape index (κ1) is 16.0. The van der Waals surface area contributed by atoms with Gasteiger partial charge in [-0.2, -0.15) is 0 Å². The summed E-state index contributed by atoms with van der Waals surface area (Å²) < 4.78 is 28.2. The zero-order valence-electron chi connectivity index (χ0n) is 10.9. The van der Waals surface area contributed by atoms with Crippen molar-refractivity contribution in [3.05, 3.63) is 29.3 Å². The van der Waals surface area contributed by atoms with Crippen LogP contribution in [0.2, 0.25) is 0 Å². The number of ether oxygens (including phenoxy) is 1. The molecule has 0 unspecified atom stereocenters. The van der Waals surface area contributed by atoms with Crippen molar-refractivity contribution in [2.75, 3.05) is 18.5 Å². The van der Waals surface area contributed by atoms with Gasteiger partial charge in [-0.15, -0.1) is 0 Å². The van der Waals surface area contributed by atoms with Crippen molar-refractivity contribution < 1.29 is 28.2 Å². The van der Waals surface area contributed by atoms with Crippen LogP contribution in [0, 0.1) is 6.92 Å². The molecule has 0 heterocycles. The summed E-state index contributed by atoms with van der Waals surface area (Å²) in [6.07, 6.45) is -2.70. The average molecular weight is 287 g/mol. The summed E-state index contributed by atoms with van der Waals surface area (Å²) in [6, 6.07) is 4.60. The largest absolute Gasteiger partial charge is 0.478 e. The van der Waals surface area contributed by atoms with Gasteiger partial charge in [-0.1, -0.05) is 12.1 Å². The van der Waals surface area contributed by atoms with Crippen LogP contribution < -0.4 is 5.32 Å². The fraction of sp³-hybridized carbons (Fsp3) is 0.385. The molecule has 0 saturated heterocycles. The third-order valence-electron chi connectivity index (χ3n) is 2.48. The summed E-state index contributed by atoms with van der Waals surface area (Å²) in [5, 5.41) is 11.5. The fourth-order valence-corrected chi connectivity index (χ4v) is 1.55. The van der Waals surface area contributed by atoms with E-state index in [1.165, 1.54) is 6.07 Å². The Balaban J connectivity index is 2.60. The number of halogens is 2. The molecule has 0 bridgehead atoms. The minimum absolute atomic E-state index is 0.0214. The van der Waals surface area contributed by atoms with E-state index in [1.807, 2.05) is 0 Å². The number of benzene rings is 1. The van der Waals surface area contributed by atoms with Gasteiger partial charge in [0.05, 0.1) is 24.3 Å². The molecule has 1 amide bonds. The van der Waals surface area contributed by atoms with E-state index >= 15 is 0 Å². The second-order valence-corrected chi connectivity index (χ2v) is 4.07. The van der Waals surface area contributed by atoms with Gasteiger partial charge < -0.3 is 15.2 Å². The Bertz CT molecular complexity index is 491. The lowest BCUT2D eigenvalue weighted by Crippen LogP contribution is -2.18. The molecule has 0 radical (unpaired) electrons. The van der Waals surface area contributed by atoms with Gasteiger partial charge in [0.2, 0.25) is 5.91 Å². The number of carboxylic acids is 1. The Kier molecular flexibility index (Phi) is 6.05. The topological polar surface area (TPSA) is 75.6 Å². The van der Waals surface area contributed by atoms with E-state index in [9.17, 15) is 18.4 Å². The molecule has 0 spiro atoms. The molecule has 5 nitrogen and oxygen atoms in total. The van der Waals surface area contributed by atoms with Crippen molar-refractivity contribution >= 4 is 17.6 Å². The Morgan fingerprint density at radius 1 is 1.40 bits per heavy atom. The van der Waals surface area contributed by atoms with Crippen molar-refractivity contribution in [3.8, 4) is 0 Å². The van der Waals surface area contributed by atoms with Gasteiger partial charge in [-0.05, 0) is 18.6 Å². The SMILES string of the molecule is Cc1cccc(C(=O)O)c1NC(=O)CCOCC(F)F. The number of carbonyl (C=O) groups excluding carboxylic acids is 1. The van der Waals surface area contributed by atoms with E-state index in [-0.39, 0.29) is 24.3 Å². The van der Waals surface area contributed by atoms with Gasteiger partial charge >= 0.3 is 5.97 Å². The molecule has 0 aliphatic carbocycles. The van der Waals surface area contributed by atoms with Crippen LogP contribution in [-0.4, -0.2) is 36.6 Å². The maximum absolute atomic E-state index is 11.8. The summed E-state index contributed by atoms with van der Waals surface area (Å²) >= 11 is 0. The second kappa shape index (κ2) is 7.54. The van der Waals surface area contributed by atoms with Gasteiger partial charge in [0.15, 0.2) is 0 Å². The van der Waals surface area contributed by atoms with Crippen LogP contribution in [0.25, 0.3) is 0 Å². The number of hydrogen-bond donors (Lipinski definition) is 2. The number of nitrogens with one attached hydrogen (secondary N) is 1. The zero-order valence-corrected chi connectivity index (χ0v) is 10.9. The predicted molar refractivity (Wildman–Crippen MR) is 68.2 cm³/mol. The van der Waals surface area contributed by atoms with Crippen LogP contribution in [-0.2, 0) is 9.53 Å². The standard InChI is InChI=1S/C13H15F2NO4/c1-8-3-2-4-9(13(18)19)12(8)16-11(17)5-6-20-7-10(14)15/h2-4,10H,5-7H2,1H3,(H,16,17)(H,18,19). The number of anilines is 1. The summed E-state index contributed by atoms with van der Waals surface area (Å²) in [5.74, 6) is -1.64. The number of carboxylic acid groups (broad SMARTS) is 1. The molecule has 1 aromatic rings. The van der Waals surface area contributed by atoms with Gasteiger partial charge in [0.25, 0.3) is 6.43 Å². The van der Waals surface area contributed by atoms with Gasteiger partial charge in [-0.3, -0.25) is 4.79 Å². The number of hydrogen-bond acceptors (Lipinski definition) is 3. The smallest absolute Gasteiger partial charge is 0.337 e. The Labute approximate surface area is 114 Å². The monoisotopic (exact) mass is 287 g/mol. The molecule has 1 aromatic carbocycles. The minimum Gasteiger partial charge on any atom is -0.478 e. The first-order valence-electron chi connectivity index (χ1n) is 5.90. The van der Waals surface area contributed by atoms with Crippen LogP contribution in [0.15, 0.2) is 18.2 Å². The maximum Gasteiger partial charge on any atom is 0.337 e. The number of rotatable bonds is 7. The first-order valence-corrected chi connectivity index (χ1v) is 5.90. The zero-order chi connectivity index (χ0) is 15.1. The first-order chi connectivity index (χ1) is 9.41. The summed E-state index contributed by atoms with van der Waals surface area (Å²) in [7, 11) is 0. The molecule has 0 aromatic heterocycles. The van der Waals surface area contributed by atoms with Crippen LogP contribution in [0.4, 0.5) is 14.5 Å². The number of alkyl halides is 2. The van der Waals surface area contributed by atoms with Crippen molar-refractivity contribution in [1.82, 2.24) is 0 Å². The molecule has 2 N–H and O–H groups in total. The lowest BCUT2D eigenvalue weighted by Gasteiger charge is -2.11. The third-order valence-corrected chi connectivity index (χ3v) is 2.48. The molecule has 110 valence electrons. The molecule has 0 aliphatic heterocycles. The van der Waals surface area contributed by atoms with E-state index < -0.39 is 24.9 Å². The van der Waals surface area contributed by atoms with E-state index in [1.54, 1.807) is 19.1 Å². The molecule has 20 heavy (non-hydrogen) atoms. The molecular weight excluding hydrogens is 272 g/mol. The summed E-state index contributed by atoms with van der Waals surface area (Å²) in [4.78, 5) is 22.6. The van der Waals surface area contributed by atoms with Crippen molar-refractivity contribution in [2.24, 2.45) is 0 Å². The highest BCUT2D eigenvalue weighted by atomic mass is 19.3. The Hall–Kier alpha value is -2.02. The molecule has 0 saturated carbocycles. The highest BCUT2D eigenvalue weighted by Crippen LogP contribution is 2.20. The highest BCUT2D eigenvalue weighted by molar-refractivity contribution is 6.01. The third kappa shape index (κ3) is 4.93. The van der Waals surface area contributed by atoms with Crippen LogP contribution in [0.1, 0.15) is 22.3 Å². The predicted octanol–water partition coefficient (Wildman–Crippen LogP) is 2.30. The van der Waals surface area contributed by atoms with Crippen molar-refractivity contribution in [3.63, 3.8) is 0 Å². The quantitative estimate of drug-likeness (QED) is 0.754. The Morgan fingerprint density at radius 3 is 2.70 bits per heavy atom. The summed E-state index contributed by atoms with van der Waals surface area (Å²) in [6.45, 7) is 0.790. The maximum atomic E-state index is 11.8. The van der Waals surface area contributed by atoms with Crippen LogP contribution in [0.3, 0.4) is 0 Å². The van der Waals surface area contributed by atoms with E-state index in [4.69, 9.17) is 5.11 Å². The van der Waals surface area contributed by atoms with Crippen molar-refractivity contribution in [2.45, 2.75) is 19.8 Å². The second-order valence-electron chi connectivity index (χ2n) is 4.07. The van der Waals surface area contributed by atoms with Crippen LogP contribution >= 0.6 is 0 Å². The van der Waals surface area contributed by atoms with Gasteiger partial charge in [0, 0.05) is 0 Å². The van der Waals surface area contributed by atoms with Crippen LogP contribution in [0.5, 0.6) is 0 Å². The average Bonchev–Trinajstić information content (AvgIpc) is 2.36. The molecule has 0 fully saturated rings. The van der Waals surface area contributed by atoms with Gasteiger partial charge in [0.1, 0.15) is 6.61 Å². The van der Waals surface area contributed by atoms with Crippen molar-refractivity contribution in [1.29, 1.82) is 0 Å². The fourth-order valence-electron chi connectivity index (χ4n) is 1.55. The number of carbonyl (C=O) groups is 2. The molecule has 0 aliphatic rings. The van der Waals surface area contributed by atoms with E-state index in [0.29, 0.717) is 5.56 Å². The van der Waals surface area contributed by atoms with E-state index in [2.05, 4.69) is 10.1 Å². The lowest BCUT2D eigenvalue weighted by molar-refractivity contribution is -0.117. The molecule has 7 heteroatoms. The lowest BCUT2D eigenvalue weighted by atomic mass is 10.1. The number of para-hydroxylation sites is 1. The molecule has 1 rings (SSSR count). The highest BCUT2D eigenvalue weighted by Gasteiger charge is 2.14. The van der Waals surface area contributed by atoms with E-state index in [0.717, 1.165) is 0 Å². The number of aromatic carboxylic acids is 1. The van der Waals surface area contributed by atoms with Gasteiger partial charge in [-0.25, -0.2) is 13.6 Å². The number of aryl methyl sites for hydroxylation is 1. The summed E-state index contributed by atoms with van der Waals surface area (Å²) in [5.41, 5.74) is 0.789. The normalized spacial score (nSPS) is 10.6. The minimum atomic E-state index is -2.58. The Morgan fingerprint density at radius 2 is 2.10 bits per heavy atom. The number of amides is 1. The molecule has 0 atom stereocenters.